The molecule has 1 saturated heterocycles. The summed E-state index contributed by atoms with van der Waals surface area (Å²) >= 11 is 0. The van der Waals surface area contributed by atoms with E-state index in [-0.39, 0.29) is 11.9 Å². The molecule has 0 bridgehead atoms. The molecule has 92 valence electrons. The SMILES string of the molecule is CC(C(N)=O)N1CCC(c2ncccn2)CC1. The van der Waals surface area contributed by atoms with E-state index in [1.165, 1.54) is 0 Å². The number of hydrogen-bond donors (Lipinski definition) is 1. The van der Waals surface area contributed by atoms with Gasteiger partial charge in [0, 0.05) is 18.3 Å². The van der Waals surface area contributed by atoms with Crippen molar-refractivity contribution in [2.75, 3.05) is 13.1 Å². The molecule has 0 aromatic carbocycles. The molecular formula is C12H18N4O. The molecular weight excluding hydrogens is 216 g/mol. The van der Waals surface area contributed by atoms with E-state index in [1.54, 1.807) is 12.4 Å². The second kappa shape index (κ2) is 5.23. The Bertz CT molecular complexity index is 373. The largest absolute Gasteiger partial charge is 0.368 e. The summed E-state index contributed by atoms with van der Waals surface area (Å²) in [5.41, 5.74) is 5.31. The maximum atomic E-state index is 11.1. The first kappa shape index (κ1) is 12.0. The molecule has 5 heteroatoms. The monoisotopic (exact) mass is 234 g/mol. The third-order valence-corrected chi connectivity index (χ3v) is 3.44. The highest BCUT2D eigenvalue weighted by Gasteiger charge is 2.26. The lowest BCUT2D eigenvalue weighted by Gasteiger charge is -2.33. The number of nitrogens with zero attached hydrogens (tertiary/aromatic N) is 3. The van der Waals surface area contributed by atoms with Gasteiger partial charge >= 0.3 is 0 Å². The first-order chi connectivity index (χ1) is 8.18. The standard InChI is InChI=1S/C12H18N4O/c1-9(11(13)17)16-7-3-10(4-8-16)12-14-5-2-6-15-12/h2,5-6,9-10H,3-4,7-8H2,1H3,(H2,13,17). The van der Waals surface area contributed by atoms with Gasteiger partial charge in [0.15, 0.2) is 0 Å². The highest BCUT2D eigenvalue weighted by atomic mass is 16.1. The Balaban J connectivity index is 1.93. The summed E-state index contributed by atoms with van der Waals surface area (Å²) in [7, 11) is 0. The molecule has 1 aliphatic rings. The van der Waals surface area contributed by atoms with E-state index in [4.69, 9.17) is 5.73 Å². The fraction of sp³-hybridized carbons (Fsp3) is 0.583. The molecule has 0 saturated carbocycles. The fourth-order valence-corrected chi connectivity index (χ4v) is 2.25. The van der Waals surface area contributed by atoms with Gasteiger partial charge in [-0.1, -0.05) is 0 Å². The third kappa shape index (κ3) is 2.79. The van der Waals surface area contributed by atoms with Crippen LogP contribution >= 0.6 is 0 Å². The fourth-order valence-electron chi connectivity index (χ4n) is 2.25. The van der Waals surface area contributed by atoms with E-state index >= 15 is 0 Å². The Morgan fingerprint density at radius 2 is 2.00 bits per heavy atom. The Morgan fingerprint density at radius 1 is 1.41 bits per heavy atom. The number of primary amides is 1. The van der Waals surface area contributed by atoms with Gasteiger partial charge in [0.05, 0.1) is 6.04 Å². The zero-order valence-electron chi connectivity index (χ0n) is 10.0. The van der Waals surface area contributed by atoms with Crippen molar-refractivity contribution in [3.8, 4) is 0 Å². The molecule has 1 atom stereocenters. The molecule has 0 spiro atoms. The number of rotatable bonds is 3. The zero-order chi connectivity index (χ0) is 12.3. The Kier molecular flexibility index (Phi) is 3.68. The average Bonchev–Trinajstić information content (AvgIpc) is 2.39. The second-order valence-corrected chi connectivity index (χ2v) is 4.50. The van der Waals surface area contributed by atoms with Gasteiger partial charge in [-0.3, -0.25) is 9.69 Å². The van der Waals surface area contributed by atoms with Crippen LogP contribution < -0.4 is 5.73 Å². The Morgan fingerprint density at radius 3 is 2.53 bits per heavy atom. The van der Waals surface area contributed by atoms with E-state index in [1.807, 2.05) is 13.0 Å². The molecule has 2 rings (SSSR count). The van der Waals surface area contributed by atoms with Crippen LogP contribution in [0.5, 0.6) is 0 Å². The summed E-state index contributed by atoms with van der Waals surface area (Å²) in [5, 5.41) is 0. The maximum absolute atomic E-state index is 11.1. The predicted octanol–water partition coefficient (Wildman–Crippen LogP) is 0.530. The lowest BCUT2D eigenvalue weighted by Crippen LogP contribution is -2.46. The van der Waals surface area contributed by atoms with E-state index in [0.717, 1.165) is 31.8 Å². The van der Waals surface area contributed by atoms with E-state index in [0.29, 0.717) is 5.92 Å². The van der Waals surface area contributed by atoms with Crippen molar-refractivity contribution in [3.63, 3.8) is 0 Å². The van der Waals surface area contributed by atoms with Crippen molar-refractivity contribution >= 4 is 5.91 Å². The minimum atomic E-state index is -0.251. The number of nitrogens with two attached hydrogens (primary N) is 1. The van der Waals surface area contributed by atoms with E-state index < -0.39 is 0 Å². The summed E-state index contributed by atoms with van der Waals surface area (Å²) in [5.74, 6) is 1.07. The van der Waals surface area contributed by atoms with Gasteiger partial charge in [0.25, 0.3) is 0 Å². The summed E-state index contributed by atoms with van der Waals surface area (Å²) in [4.78, 5) is 21.8. The van der Waals surface area contributed by atoms with Crippen LogP contribution in [0.1, 0.15) is 31.5 Å². The van der Waals surface area contributed by atoms with Crippen LogP contribution in [0.4, 0.5) is 0 Å². The van der Waals surface area contributed by atoms with Crippen LogP contribution in [0.3, 0.4) is 0 Å². The van der Waals surface area contributed by atoms with Crippen molar-refractivity contribution < 1.29 is 4.79 Å². The van der Waals surface area contributed by atoms with Gasteiger partial charge in [0.2, 0.25) is 5.91 Å². The number of aromatic nitrogens is 2. The topological polar surface area (TPSA) is 72.1 Å². The molecule has 2 N–H and O–H groups in total. The minimum absolute atomic E-state index is 0.173. The van der Waals surface area contributed by atoms with Crippen molar-refractivity contribution in [2.24, 2.45) is 5.73 Å². The quantitative estimate of drug-likeness (QED) is 0.828. The first-order valence-electron chi connectivity index (χ1n) is 5.98. The highest BCUT2D eigenvalue weighted by Crippen LogP contribution is 2.25. The van der Waals surface area contributed by atoms with Crippen molar-refractivity contribution in [3.05, 3.63) is 24.3 Å². The molecule has 17 heavy (non-hydrogen) atoms. The zero-order valence-corrected chi connectivity index (χ0v) is 10.0. The molecule has 0 radical (unpaired) electrons. The first-order valence-corrected chi connectivity index (χ1v) is 5.98. The molecule has 1 unspecified atom stereocenters. The lowest BCUT2D eigenvalue weighted by atomic mass is 9.95. The minimum Gasteiger partial charge on any atom is -0.368 e. The summed E-state index contributed by atoms with van der Waals surface area (Å²) in [6.45, 7) is 3.63. The third-order valence-electron chi connectivity index (χ3n) is 3.44. The van der Waals surface area contributed by atoms with Crippen LogP contribution in [0.25, 0.3) is 0 Å². The molecule has 1 amide bonds. The molecule has 1 aromatic heterocycles. The number of hydrogen-bond acceptors (Lipinski definition) is 4. The van der Waals surface area contributed by atoms with Crippen LogP contribution in [0.15, 0.2) is 18.5 Å². The van der Waals surface area contributed by atoms with Gasteiger partial charge in [0.1, 0.15) is 5.82 Å². The van der Waals surface area contributed by atoms with E-state index in [9.17, 15) is 4.79 Å². The smallest absolute Gasteiger partial charge is 0.234 e. The number of carbonyl (C=O) groups excluding carboxylic acids is 1. The average molecular weight is 234 g/mol. The molecule has 0 aliphatic carbocycles. The van der Waals surface area contributed by atoms with Gasteiger partial charge in [-0.15, -0.1) is 0 Å². The number of amides is 1. The predicted molar refractivity (Wildman–Crippen MR) is 64.2 cm³/mol. The number of likely N-dealkylation sites (tertiary alicyclic amines) is 1. The van der Waals surface area contributed by atoms with E-state index in [2.05, 4.69) is 14.9 Å². The highest BCUT2D eigenvalue weighted by molar-refractivity contribution is 5.79. The summed E-state index contributed by atoms with van der Waals surface area (Å²) in [6.07, 6.45) is 5.53. The Labute approximate surface area is 101 Å². The molecule has 1 fully saturated rings. The van der Waals surface area contributed by atoms with Crippen LogP contribution in [-0.4, -0.2) is 39.9 Å². The van der Waals surface area contributed by atoms with Gasteiger partial charge in [-0.05, 0) is 38.9 Å². The molecule has 1 aromatic rings. The van der Waals surface area contributed by atoms with Crippen molar-refractivity contribution in [1.29, 1.82) is 0 Å². The molecule has 5 nitrogen and oxygen atoms in total. The van der Waals surface area contributed by atoms with Crippen molar-refractivity contribution in [1.82, 2.24) is 14.9 Å². The van der Waals surface area contributed by atoms with Gasteiger partial charge < -0.3 is 5.73 Å². The van der Waals surface area contributed by atoms with Crippen LogP contribution in [0, 0.1) is 0 Å². The number of carbonyl (C=O) groups is 1. The van der Waals surface area contributed by atoms with Crippen molar-refractivity contribution in [2.45, 2.75) is 31.7 Å². The summed E-state index contributed by atoms with van der Waals surface area (Å²) < 4.78 is 0. The van der Waals surface area contributed by atoms with Crippen LogP contribution in [-0.2, 0) is 4.79 Å². The lowest BCUT2D eigenvalue weighted by molar-refractivity contribution is -0.123. The van der Waals surface area contributed by atoms with Gasteiger partial charge in [-0.2, -0.15) is 0 Å². The summed E-state index contributed by atoms with van der Waals surface area (Å²) in [6, 6.07) is 1.65. The van der Waals surface area contributed by atoms with Gasteiger partial charge in [-0.25, -0.2) is 9.97 Å². The normalized spacial score (nSPS) is 20.1. The Hall–Kier alpha value is -1.49. The second-order valence-electron chi connectivity index (χ2n) is 4.50. The maximum Gasteiger partial charge on any atom is 0.234 e. The molecule has 1 aliphatic heterocycles. The molecule has 2 heterocycles. The number of piperidine rings is 1. The van der Waals surface area contributed by atoms with Crippen LogP contribution in [0.2, 0.25) is 0 Å².